The minimum Gasteiger partial charge on any atom is -0.508 e. The van der Waals surface area contributed by atoms with Crippen molar-refractivity contribution < 1.29 is 106 Å². The normalized spacial score (nSPS) is 42.0. The number of phenols is 1. The van der Waals surface area contributed by atoms with Crippen molar-refractivity contribution in [3.8, 4) is 5.75 Å². The highest BCUT2D eigenvalue weighted by Gasteiger charge is 2.66. The van der Waals surface area contributed by atoms with E-state index in [4.69, 9.17) is 61.6 Å². The second kappa shape index (κ2) is 23.6. The molecule has 4 N–H and O–H groups in total. The van der Waals surface area contributed by atoms with Crippen molar-refractivity contribution in [3.63, 3.8) is 0 Å². The predicted molar refractivity (Wildman–Crippen MR) is 270 cm³/mol. The average molecular weight is 1110 g/mol. The lowest BCUT2D eigenvalue weighted by Gasteiger charge is -2.51. The first kappa shape index (κ1) is 58.1. The summed E-state index contributed by atoms with van der Waals surface area (Å²) in [5, 5.41) is 44.6. The van der Waals surface area contributed by atoms with Crippen LogP contribution in [-0.4, -0.2) is 179 Å². The molecule has 6 heterocycles. The monoisotopic (exact) mass is 1110 g/mol. The highest BCUT2D eigenvalue weighted by molar-refractivity contribution is 6.28. The van der Waals surface area contributed by atoms with Crippen molar-refractivity contribution in [2.24, 2.45) is 5.92 Å². The van der Waals surface area contributed by atoms with E-state index in [0.29, 0.717) is 57.8 Å². The fourth-order valence-corrected chi connectivity index (χ4v) is 12.8. The molecule has 6 saturated heterocycles. The number of ketones is 5. The van der Waals surface area contributed by atoms with Crippen molar-refractivity contribution >= 4 is 28.9 Å². The van der Waals surface area contributed by atoms with Crippen molar-refractivity contribution in [1.29, 1.82) is 0 Å². The summed E-state index contributed by atoms with van der Waals surface area (Å²) in [5.74, 6) is -8.09. The standard InChI is InChI=1S/C57H76O22/c1-24(58)48-53(64)54(78-46-19-13-39(29(6)72-46)77-45-18-12-38(28(5)71-45)76-44-17-11-37(27(4)70-44)74-42-15-9-34(59)25(2)68-42)33-22-31-21-32-50(36(61)23-41(67-8)51(32)62)52(63)49(31)56(66)57(33,55(48)65)79-47-20-14-40(30(7)73-47)75-43-16-10-35(60)26(3)69-43/h21,23,25-30,33-35,37-40,42-47,54,59-60,63,65H,9-20,22H2,1-8H3. The van der Waals surface area contributed by atoms with Crippen LogP contribution < -0.4 is 0 Å². The number of carbonyl (C=O) groups is 5. The number of fused-ring (bicyclic) bond motifs is 3. The summed E-state index contributed by atoms with van der Waals surface area (Å²) < 4.78 is 81.1. The number of aliphatic hydroxyl groups excluding tert-OH is 3. The number of allylic oxidation sites excluding steroid dienone is 2. The molecule has 1 aromatic carbocycles. The molecule has 0 radical (unpaired) electrons. The van der Waals surface area contributed by atoms with Crippen LogP contribution in [0.4, 0.5) is 0 Å². The third kappa shape index (κ3) is 11.4. The van der Waals surface area contributed by atoms with E-state index in [1.54, 1.807) is 20.8 Å². The molecule has 10 rings (SSSR count). The minimum atomic E-state index is -2.63. The number of aromatic hydroxyl groups is 1. The van der Waals surface area contributed by atoms with Gasteiger partial charge >= 0.3 is 0 Å². The Morgan fingerprint density at radius 1 is 0.570 bits per heavy atom. The predicted octanol–water partition coefficient (Wildman–Crippen LogP) is 5.19. The molecule has 22 nitrogen and oxygen atoms in total. The van der Waals surface area contributed by atoms with Crippen LogP contribution in [0.5, 0.6) is 5.75 Å². The summed E-state index contributed by atoms with van der Waals surface area (Å²) in [4.78, 5) is 71.1. The van der Waals surface area contributed by atoms with Crippen LogP contribution in [0, 0.1) is 5.92 Å². The zero-order chi connectivity index (χ0) is 56.4. The fourth-order valence-electron chi connectivity index (χ4n) is 12.8. The van der Waals surface area contributed by atoms with Gasteiger partial charge in [-0.1, -0.05) is 0 Å². The van der Waals surface area contributed by atoms with E-state index in [-0.39, 0.29) is 66.7 Å². The first-order valence-electron chi connectivity index (χ1n) is 28.2. The highest BCUT2D eigenvalue weighted by Crippen LogP contribution is 2.52. The highest BCUT2D eigenvalue weighted by atomic mass is 16.8. The van der Waals surface area contributed by atoms with Crippen molar-refractivity contribution in [1.82, 2.24) is 0 Å². The van der Waals surface area contributed by atoms with Crippen molar-refractivity contribution in [2.45, 2.75) is 255 Å². The number of ether oxygens (including phenoxy) is 13. The molecule has 0 amide bonds. The second-order valence-corrected chi connectivity index (χ2v) is 22.7. The molecule has 0 spiro atoms. The van der Waals surface area contributed by atoms with E-state index in [1.807, 2.05) is 20.8 Å². The van der Waals surface area contributed by atoms with Gasteiger partial charge in [0, 0.05) is 56.1 Å². The zero-order valence-electron chi connectivity index (χ0n) is 46.0. The van der Waals surface area contributed by atoms with Gasteiger partial charge in [0.1, 0.15) is 23.2 Å². The smallest absolute Gasteiger partial charge is 0.228 e. The number of phenolic OH excluding ortho intramolecular Hbond substituents is 1. The summed E-state index contributed by atoms with van der Waals surface area (Å²) in [7, 11) is 1.21. The Bertz CT molecular complexity index is 2560. The van der Waals surface area contributed by atoms with Crippen LogP contribution in [0.15, 0.2) is 29.2 Å². The number of rotatable bonds is 14. The summed E-state index contributed by atoms with van der Waals surface area (Å²) in [6.45, 7) is 12.1. The number of hydrogen-bond donors (Lipinski definition) is 4. The first-order valence-corrected chi connectivity index (χ1v) is 28.2. The summed E-state index contributed by atoms with van der Waals surface area (Å²) in [6.07, 6.45) is -5.14. The molecular formula is C57H76O22. The molecule has 9 aliphatic rings. The summed E-state index contributed by atoms with van der Waals surface area (Å²) >= 11 is 0. The van der Waals surface area contributed by atoms with Gasteiger partial charge in [-0.3, -0.25) is 24.0 Å². The maximum atomic E-state index is 15.6. The molecular weight excluding hydrogens is 1040 g/mol. The topological polar surface area (TPSA) is 286 Å². The molecule has 6 fully saturated rings. The number of aliphatic hydroxyl groups is 3. The Kier molecular flexibility index (Phi) is 17.4. The SMILES string of the molecule is COC1=CC(=O)c2c(cc3c(c2O)C(=O)C2(OC4CCC(OC5CCC(O)C(C)O5)C(C)O4)C(O)=C(C(C)=O)C(=O)C(OC4CCC(OC5CCC(OC6CCC(OC7CCC(O)C(C)O7)C(C)O6)C(C)O5)C(C)O4)C2C3)C1=O. The second-order valence-electron chi connectivity index (χ2n) is 22.7. The number of methoxy groups -OCH3 is 1. The van der Waals surface area contributed by atoms with Crippen LogP contribution in [0.2, 0.25) is 0 Å². The van der Waals surface area contributed by atoms with Crippen molar-refractivity contribution in [3.05, 3.63) is 51.5 Å². The summed E-state index contributed by atoms with van der Waals surface area (Å²) in [6, 6.07) is 1.29. The Morgan fingerprint density at radius 2 is 0.987 bits per heavy atom. The van der Waals surface area contributed by atoms with Gasteiger partial charge in [0.15, 0.2) is 66.5 Å². The molecule has 0 aromatic heterocycles. The number of carbonyl (C=O) groups excluding carboxylic acids is 5. The maximum Gasteiger partial charge on any atom is 0.228 e. The molecule has 0 bridgehead atoms. The van der Waals surface area contributed by atoms with Gasteiger partial charge in [0.2, 0.25) is 11.6 Å². The first-order chi connectivity index (χ1) is 37.6. The lowest BCUT2D eigenvalue weighted by Crippen LogP contribution is -2.65. The van der Waals surface area contributed by atoms with Gasteiger partial charge in [-0.25, -0.2) is 0 Å². The van der Waals surface area contributed by atoms with E-state index in [9.17, 15) is 39.6 Å². The molecule has 3 aliphatic carbocycles. The summed E-state index contributed by atoms with van der Waals surface area (Å²) in [5.41, 5.74) is -4.50. The van der Waals surface area contributed by atoms with Gasteiger partial charge in [0.25, 0.3) is 0 Å². The Balaban J connectivity index is 0.832. The number of Topliss-reactive ketones (excluding diaryl/α,β-unsaturated/α-hetero) is 4. The molecule has 21 atom stereocenters. The van der Waals surface area contributed by atoms with Crippen LogP contribution in [-0.2, 0) is 77.6 Å². The van der Waals surface area contributed by atoms with E-state index in [2.05, 4.69) is 0 Å². The maximum absolute atomic E-state index is 15.6. The Labute approximate surface area is 458 Å². The molecule has 22 heteroatoms. The van der Waals surface area contributed by atoms with Crippen LogP contribution in [0.1, 0.15) is 162 Å². The van der Waals surface area contributed by atoms with Gasteiger partial charge in [0.05, 0.1) is 91.5 Å². The fraction of sp³-hybridized carbons (Fsp3) is 0.737. The number of hydrogen-bond acceptors (Lipinski definition) is 22. The Hall–Kier alpha value is -4.11. The van der Waals surface area contributed by atoms with Gasteiger partial charge in [-0.2, -0.15) is 0 Å². The number of benzene rings is 1. The quantitative estimate of drug-likeness (QED) is 0.174. The average Bonchev–Trinajstić information content (AvgIpc) is 2.83. The van der Waals surface area contributed by atoms with E-state index in [1.165, 1.54) is 13.2 Å². The third-order valence-corrected chi connectivity index (χ3v) is 17.4. The van der Waals surface area contributed by atoms with Crippen LogP contribution in [0.25, 0.3) is 0 Å². The van der Waals surface area contributed by atoms with Crippen molar-refractivity contribution in [2.75, 3.05) is 7.11 Å². The Morgan fingerprint density at radius 3 is 1.42 bits per heavy atom. The van der Waals surface area contributed by atoms with Gasteiger partial charge in [-0.15, -0.1) is 0 Å². The van der Waals surface area contributed by atoms with Gasteiger partial charge < -0.3 is 82.0 Å². The van der Waals surface area contributed by atoms with E-state index >= 15 is 4.79 Å². The van der Waals surface area contributed by atoms with Gasteiger partial charge in [-0.05, 0) is 105 Å². The molecule has 1 aromatic rings. The minimum absolute atomic E-state index is 0.0467. The molecule has 21 unspecified atom stereocenters. The largest absolute Gasteiger partial charge is 0.508 e. The lowest BCUT2D eigenvalue weighted by molar-refractivity contribution is -0.316. The van der Waals surface area contributed by atoms with E-state index in [0.717, 1.165) is 19.4 Å². The molecule has 79 heavy (non-hydrogen) atoms. The zero-order valence-corrected chi connectivity index (χ0v) is 46.0. The molecule has 6 aliphatic heterocycles. The van der Waals surface area contributed by atoms with Crippen LogP contribution in [0.3, 0.4) is 0 Å². The molecule has 0 saturated carbocycles. The van der Waals surface area contributed by atoms with E-state index < -0.39 is 155 Å². The lowest BCUT2D eigenvalue weighted by atomic mass is 9.62. The molecule has 436 valence electrons. The van der Waals surface area contributed by atoms with Crippen LogP contribution >= 0.6 is 0 Å². The third-order valence-electron chi connectivity index (χ3n) is 17.4.